The molecule has 104 valence electrons. The van der Waals surface area contributed by atoms with Crippen LogP contribution in [0.15, 0.2) is 30.3 Å². The Bertz CT molecular complexity index is 427. The average molecular weight is 281 g/mol. The number of carbonyl (C=O) groups excluding carboxylic acids is 1. The van der Waals surface area contributed by atoms with Crippen LogP contribution < -0.4 is 0 Å². The van der Waals surface area contributed by atoms with Gasteiger partial charge in [-0.3, -0.25) is 4.79 Å². The molecule has 0 spiro atoms. The maximum atomic E-state index is 12.3. The third-order valence-electron chi connectivity index (χ3n) is 3.54. The molecule has 0 bridgehead atoms. The van der Waals surface area contributed by atoms with Crippen molar-refractivity contribution in [2.75, 3.05) is 19.6 Å². The van der Waals surface area contributed by atoms with Crippen LogP contribution in [-0.2, 0) is 0 Å². The summed E-state index contributed by atoms with van der Waals surface area (Å²) in [5, 5.41) is 0. The number of hydrogen-bond donors (Lipinski definition) is 0. The summed E-state index contributed by atoms with van der Waals surface area (Å²) in [7, 11) is 0. The molecule has 4 heteroatoms. The zero-order valence-electron chi connectivity index (χ0n) is 11.6. The van der Waals surface area contributed by atoms with Gasteiger partial charge in [0.15, 0.2) is 0 Å². The Morgan fingerprint density at radius 3 is 2.42 bits per heavy atom. The minimum absolute atomic E-state index is 0.133. The average Bonchev–Trinajstić information content (AvgIpc) is 2.90. The molecule has 0 radical (unpaired) electrons. The van der Waals surface area contributed by atoms with Crippen LogP contribution in [0.1, 0.15) is 37.0 Å². The van der Waals surface area contributed by atoms with E-state index in [1.54, 1.807) is 12.1 Å². The van der Waals surface area contributed by atoms with Crippen LogP contribution in [0.4, 0.5) is 0 Å². The summed E-state index contributed by atoms with van der Waals surface area (Å²) in [6, 6.07) is 9.19. The minimum atomic E-state index is -0.376. The third-order valence-corrected chi connectivity index (χ3v) is 4.15. The molecular formula is C15H21ClN2O. The van der Waals surface area contributed by atoms with E-state index in [0.29, 0.717) is 5.56 Å². The summed E-state index contributed by atoms with van der Waals surface area (Å²) in [5.74, 6) is -0.133. The molecule has 2 rings (SSSR count). The van der Waals surface area contributed by atoms with Crippen molar-refractivity contribution in [3.8, 4) is 0 Å². The quantitative estimate of drug-likeness (QED) is 0.791. The summed E-state index contributed by atoms with van der Waals surface area (Å²) in [6.07, 6.45) is 2.48. The van der Waals surface area contributed by atoms with Crippen molar-refractivity contribution in [2.45, 2.75) is 32.2 Å². The summed E-state index contributed by atoms with van der Waals surface area (Å²) in [5.41, 5.74) is 0.255. The smallest absolute Gasteiger partial charge is 0.268 e. The molecule has 0 aromatic heterocycles. The first-order valence-corrected chi connectivity index (χ1v) is 7.12. The Morgan fingerprint density at radius 1 is 1.26 bits per heavy atom. The van der Waals surface area contributed by atoms with Crippen molar-refractivity contribution >= 4 is 17.7 Å². The van der Waals surface area contributed by atoms with Crippen LogP contribution in [0.2, 0.25) is 0 Å². The number of carbonyl (C=O) groups is 1. The summed E-state index contributed by atoms with van der Waals surface area (Å²) >= 11 is 6.29. The van der Waals surface area contributed by atoms with Crippen LogP contribution in [-0.4, -0.2) is 40.4 Å². The van der Waals surface area contributed by atoms with Crippen molar-refractivity contribution in [3.63, 3.8) is 0 Å². The van der Waals surface area contributed by atoms with Crippen molar-refractivity contribution < 1.29 is 4.79 Å². The standard InChI is InChI=1S/C15H21ClN2O/c1-15(2,12-17-10-6-7-11-17)18(16)14(19)13-8-4-3-5-9-13/h3-5,8-9H,6-7,10-12H2,1-2H3. The Labute approximate surface area is 120 Å². The largest absolute Gasteiger partial charge is 0.301 e. The van der Waals surface area contributed by atoms with E-state index in [1.807, 2.05) is 32.0 Å². The molecule has 0 atom stereocenters. The van der Waals surface area contributed by atoms with Crippen molar-refractivity contribution in [2.24, 2.45) is 0 Å². The number of nitrogens with zero attached hydrogens (tertiary/aromatic N) is 2. The Hall–Kier alpha value is -1.06. The second-order valence-corrected chi connectivity index (χ2v) is 6.09. The fourth-order valence-electron chi connectivity index (χ4n) is 2.52. The molecule has 0 saturated carbocycles. The molecule has 0 unspecified atom stereocenters. The highest BCUT2D eigenvalue weighted by Gasteiger charge is 2.33. The lowest BCUT2D eigenvalue weighted by Gasteiger charge is -2.36. The number of halogens is 1. The maximum Gasteiger partial charge on any atom is 0.268 e. The number of benzene rings is 1. The van der Waals surface area contributed by atoms with Gasteiger partial charge in [-0.2, -0.15) is 0 Å². The van der Waals surface area contributed by atoms with Crippen LogP contribution in [0.25, 0.3) is 0 Å². The van der Waals surface area contributed by atoms with Gasteiger partial charge in [-0.05, 0) is 51.9 Å². The van der Waals surface area contributed by atoms with Gasteiger partial charge in [-0.15, -0.1) is 0 Å². The fraction of sp³-hybridized carbons (Fsp3) is 0.533. The van der Waals surface area contributed by atoms with E-state index in [0.717, 1.165) is 19.6 Å². The van der Waals surface area contributed by atoms with Gasteiger partial charge in [-0.25, -0.2) is 4.42 Å². The molecular weight excluding hydrogens is 260 g/mol. The van der Waals surface area contributed by atoms with Gasteiger partial charge in [0.2, 0.25) is 0 Å². The van der Waals surface area contributed by atoms with Crippen LogP contribution in [0, 0.1) is 0 Å². The zero-order valence-corrected chi connectivity index (χ0v) is 12.4. The van der Waals surface area contributed by atoms with Crippen LogP contribution in [0.3, 0.4) is 0 Å². The fourth-order valence-corrected chi connectivity index (χ4v) is 2.67. The molecule has 1 aliphatic heterocycles. The van der Waals surface area contributed by atoms with Gasteiger partial charge in [0.05, 0.1) is 5.54 Å². The summed E-state index contributed by atoms with van der Waals surface area (Å²) < 4.78 is 1.35. The Balaban J connectivity index is 2.04. The Kier molecular flexibility index (Phi) is 4.48. The monoisotopic (exact) mass is 280 g/mol. The number of amides is 1. The predicted octanol–water partition coefficient (Wildman–Crippen LogP) is 3.16. The summed E-state index contributed by atoms with van der Waals surface area (Å²) in [6.45, 7) is 7.05. The normalized spacial score (nSPS) is 16.6. The van der Waals surface area contributed by atoms with Crippen LogP contribution >= 0.6 is 11.8 Å². The van der Waals surface area contributed by atoms with Crippen molar-refractivity contribution in [1.82, 2.24) is 9.32 Å². The van der Waals surface area contributed by atoms with E-state index < -0.39 is 0 Å². The molecule has 1 aromatic rings. The number of likely N-dealkylation sites (tertiary alicyclic amines) is 1. The van der Waals surface area contributed by atoms with E-state index in [4.69, 9.17) is 11.8 Å². The zero-order chi connectivity index (χ0) is 13.9. The van der Waals surface area contributed by atoms with Gasteiger partial charge >= 0.3 is 0 Å². The predicted molar refractivity (Wildman–Crippen MR) is 78.2 cm³/mol. The molecule has 1 heterocycles. The molecule has 0 aliphatic carbocycles. The third kappa shape index (κ3) is 3.48. The SMILES string of the molecule is CC(C)(CN1CCCC1)N(Cl)C(=O)c1ccccc1. The first kappa shape index (κ1) is 14.4. The van der Waals surface area contributed by atoms with E-state index in [2.05, 4.69) is 4.90 Å². The maximum absolute atomic E-state index is 12.3. The molecule has 1 amide bonds. The lowest BCUT2D eigenvalue weighted by Crippen LogP contribution is -2.49. The minimum Gasteiger partial charge on any atom is -0.301 e. The number of rotatable bonds is 4. The van der Waals surface area contributed by atoms with Crippen molar-refractivity contribution in [3.05, 3.63) is 35.9 Å². The number of hydrogen-bond acceptors (Lipinski definition) is 2. The first-order valence-electron chi connectivity index (χ1n) is 6.78. The molecule has 0 N–H and O–H groups in total. The van der Waals surface area contributed by atoms with Gasteiger partial charge in [0, 0.05) is 23.9 Å². The first-order chi connectivity index (χ1) is 9.00. The van der Waals surface area contributed by atoms with E-state index in [9.17, 15) is 4.79 Å². The lowest BCUT2D eigenvalue weighted by atomic mass is 10.0. The molecule has 1 saturated heterocycles. The van der Waals surface area contributed by atoms with Gasteiger partial charge < -0.3 is 4.90 Å². The second-order valence-electron chi connectivity index (χ2n) is 5.75. The molecule has 3 nitrogen and oxygen atoms in total. The molecule has 1 fully saturated rings. The molecule has 19 heavy (non-hydrogen) atoms. The molecule has 1 aromatic carbocycles. The highest BCUT2D eigenvalue weighted by Crippen LogP contribution is 2.23. The lowest BCUT2D eigenvalue weighted by molar-refractivity contribution is 0.0712. The second kappa shape index (κ2) is 5.93. The highest BCUT2D eigenvalue weighted by molar-refractivity contribution is 6.24. The van der Waals surface area contributed by atoms with Gasteiger partial charge in [0.25, 0.3) is 5.91 Å². The molecule has 1 aliphatic rings. The van der Waals surface area contributed by atoms with Gasteiger partial charge in [-0.1, -0.05) is 18.2 Å². The Morgan fingerprint density at radius 2 is 1.84 bits per heavy atom. The van der Waals surface area contributed by atoms with E-state index in [1.165, 1.54) is 17.3 Å². The van der Waals surface area contributed by atoms with Crippen molar-refractivity contribution in [1.29, 1.82) is 0 Å². The van der Waals surface area contributed by atoms with E-state index >= 15 is 0 Å². The van der Waals surface area contributed by atoms with Crippen LogP contribution in [0.5, 0.6) is 0 Å². The van der Waals surface area contributed by atoms with E-state index in [-0.39, 0.29) is 11.4 Å². The summed E-state index contributed by atoms with van der Waals surface area (Å²) in [4.78, 5) is 14.7. The topological polar surface area (TPSA) is 23.6 Å². The highest BCUT2D eigenvalue weighted by atomic mass is 35.5. The van der Waals surface area contributed by atoms with Gasteiger partial charge in [0.1, 0.15) is 0 Å².